The van der Waals surface area contributed by atoms with E-state index in [0.29, 0.717) is 37.9 Å². The van der Waals surface area contributed by atoms with Gasteiger partial charge >= 0.3 is 0 Å². The zero-order chi connectivity index (χ0) is 14.3. The van der Waals surface area contributed by atoms with Crippen LogP contribution in [-0.4, -0.2) is 4.98 Å². The molecule has 1 aromatic heterocycles. The highest BCUT2D eigenvalue weighted by Gasteiger charge is 2.13. The van der Waals surface area contributed by atoms with Crippen molar-refractivity contribution in [1.82, 2.24) is 4.98 Å². The molecule has 0 aliphatic rings. The van der Waals surface area contributed by atoms with Gasteiger partial charge in [-0.25, -0.2) is 4.98 Å². The van der Waals surface area contributed by atoms with Crippen LogP contribution in [0.25, 0.3) is 22.6 Å². The first-order valence-electron chi connectivity index (χ1n) is 5.69. The Bertz CT molecular complexity index is 797. The lowest BCUT2D eigenvalue weighted by atomic mass is 10.1. The quantitative estimate of drug-likeness (QED) is 0.517. The minimum absolute atomic E-state index is 0.355. The van der Waals surface area contributed by atoms with E-state index >= 15 is 0 Å². The van der Waals surface area contributed by atoms with Crippen molar-refractivity contribution in [3.05, 3.63) is 51.0 Å². The molecule has 0 saturated heterocycles. The summed E-state index contributed by atoms with van der Waals surface area (Å²) in [6.07, 6.45) is 0. The van der Waals surface area contributed by atoms with Crippen LogP contribution in [0.5, 0.6) is 0 Å². The molecule has 3 aromatic rings. The highest BCUT2D eigenvalue weighted by Crippen LogP contribution is 2.33. The van der Waals surface area contributed by atoms with Crippen LogP contribution < -0.4 is 0 Å². The molecule has 0 bridgehead atoms. The van der Waals surface area contributed by atoms with Gasteiger partial charge < -0.3 is 4.42 Å². The van der Waals surface area contributed by atoms with Crippen molar-refractivity contribution < 1.29 is 4.42 Å². The van der Waals surface area contributed by atoms with E-state index in [2.05, 4.69) is 4.98 Å². The van der Waals surface area contributed by atoms with E-state index < -0.39 is 0 Å². The van der Waals surface area contributed by atoms with Gasteiger partial charge in [-0.15, -0.1) is 11.6 Å². The number of rotatable bonds is 2. The van der Waals surface area contributed by atoms with Crippen LogP contribution in [-0.2, 0) is 5.88 Å². The Hall–Kier alpha value is -0.930. The molecular weight excluding hydrogens is 340 g/mol. The van der Waals surface area contributed by atoms with Crippen LogP contribution in [0.1, 0.15) is 5.56 Å². The average Bonchev–Trinajstić information content (AvgIpc) is 2.82. The van der Waals surface area contributed by atoms with Crippen LogP contribution in [0.3, 0.4) is 0 Å². The van der Waals surface area contributed by atoms with Crippen molar-refractivity contribution in [1.29, 1.82) is 0 Å². The second kappa shape index (κ2) is 5.45. The van der Waals surface area contributed by atoms with Crippen LogP contribution in [0, 0.1) is 0 Å². The lowest BCUT2D eigenvalue weighted by Gasteiger charge is -2.01. The first-order valence-corrected chi connectivity index (χ1v) is 7.35. The molecule has 0 aliphatic carbocycles. The Morgan fingerprint density at radius 3 is 2.50 bits per heavy atom. The topological polar surface area (TPSA) is 26.0 Å². The van der Waals surface area contributed by atoms with Crippen molar-refractivity contribution in [2.24, 2.45) is 0 Å². The highest BCUT2D eigenvalue weighted by atomic mass is 35.5. The molecule has 0 unspecified atom stereocenters. The van der Waals surface area contributed by atoms with Crippen molar-refractivity contribution in [3.8, 4) is 11.5 Å². The number of nitrogens with zero attached hydrogens (tertiary/aromatic N) is 1. The molecule has 0 N–H and O–H groups in total. The first kappa shape index (κ1) is 14.0. The Balaban J connectivity index is 2.15. The molecule has 0 spiro atoms. The Morgan fingerprint density at radius 1 is 1.00 bits per heavy atom. The number of benzene rings is 2. The maximum Gasteiger partial charge on any atom is 0.227 e. The summed E-state index contributed by atoms with van der Waals surface area (Å²) >= 11 is 23.9. The fourth-order valence-corrected chi connectivity index (χ4v) is 2.94. The number of aromatic nitrogens is 1. The van der Waals surface area contributed by atoms with Crippen molar-refractivity contribution in [2.75, 3.05) is 0 Å². The highest BCUT2D eigenvalue weighted by molar-refractivity contribution is 6.38. The van der Waals surface area contributed by atoms with E-state index in [4.69, 9.17) is 50.8 Å². The molecule has 0 atom stereocenters. The third-order valence-corrected chi connectivity index (χ3v) is 3.99. The number of halogens is 4. The van der Waals surface area contributed by atoms with Crippen molar-refractivity contribution >= 4 is 57.5 Å². The SMILES string of the molecule is ClCc1ccc(-c2nc3cc(Cl)cc(Cl)c3o2)cc1Cl. The molecule has 0 saturated carbocycles. The van der Waals surface area contributed by atoms with Crippen LogP contribution in [0.4, 0.5) is 0 Å². The van der Waals surface area contributed by atoms with E-state index in [0.717, 1.165) is 11.1 Å². The van der Waals surface area contributed by atoms with E-state index in [1.165, 1.54) is 0 Å². The monoisotopic (exact) mass is 345 g/mol. The molecule has 1 heterocycles. The van der Waals surface area contributed by atoms with Crippen molar-refractivity contribution in [2.45, 2.75) is 5.88 Å². The first-order chi connectivity index (χ1) is 9.58. The Kier molecular flexibility index (Phi) is 3.83. The smallest absolute Gasteiger partial charge is 0.227 e. The van der Waals surface area contributed by atoms with Crippen LogP contribution in [0.2, 0.25) is 15.1 Å². The summed E-state index contributed by atoms with van der Waals surface area (Å²) in [5.74, 6) is 0.792. The van der Waals surface area contributed by atoms with Crippen LogP contribution >= 0.6 is 46.4 Å². The maximum atomic E-state index is 6.13. The van der Waals surface area contributed by atoms with Crippen LogP contribution in [0.15, 0.2) is 34.7 Å². The summed E-state index contributed by atoms with van der Waals surface area (Å²) in [5, 5.41) is 1.51. The number of hydrogen-bond acceptors (Lipinski definition) is 2. The molecule has 2 aromatic carbocycles. The van der Waals surface area contributed by atoms with Gasteiger partial charge in [0.05, 0.1) is 5.02 Å². The lowest BCUT2D eigenvalue weighted by Crippen LogP contribution is -1.83. The zero-order valence-corrected chi connectivity index (χ0v) is 13.0. The molecule has 0 amide bonds. The molecule has 2 nitrogen and oxygen atoms in total. The standard InChI is InChI=1S/C14H7Cl4NO/c15-6-8-2-1-7(3-10(8)17)14-19-12-5-9(16)4-11(18)13(12)20-14/h1-5H,6H2. The Morgan fingerprint density at radius 2 is 1.80 bits per heavy atom. The number of hydrogen-bond donors (Lipinski definition) is 0. The van der Waals surface area contributed by atoms with E-state index in [1.807, 2.05) is 12.1 Å². The van der Waals surface area contributed by atoms with Gasteiger partial charge in [0.1, 0.15) is 5.52 Å². The molecule has 0 aliphatic heterocycles. The fraction of sp³-hybridized carbons (Fsp3) is 0.0714. The largest absolute Gasteiger partial charge is 0.435 e. The molecule has 0 radical (unpaired) electrons. The summed E-state index contributed by atoms with van der Waals surface area (Å²) in [5.41, 5.74) is 2.72. The fourth-order valence-electron chi connectivity index (χ4n) is 1.87. The summed E-state index contributed by atoms with van der Waals surface area (Å²) in [6, 6.07) is 8.77. The predicted molar refractivity (Wildman–Crippen MR) is 84.0 cm³/mol. The van der Waals surface area contributed by atoms with Gasteiger partial charge in [-0.1, -0.05) is 40.9 Å². The number of fused-ring (bicyclic) bond motifs is 1. The average molecular weight is 347 g/mol. The minimum atomic E-state index is 0.355. The third-order valence-electron chi connectivity index (χ3n) is 2.85. The molecular formula is C14H7Cl4NO. The van der Waals surface area contributed by atoms with Crippen molar-refractivity contribution in [3.63, 3.8) is 0 Å². The second-order valence-corrected chi connectivity index (χ2v) is 5.71. The van der Waals surface area contributed by atoms with Gasteiger partial charge in [-0.2, -0.15) is 0 Å². The van der Waals surface area contributed by atoms with E-state index in [9.17, 15) is 0 Å². The molecule has 102 valence electrons. The number of oxazole rings is 1. The summed E-state index contributed by atoms with van der Waals surface area (Å²) in [7, 11) is 0. The lowest BCUT2D eigenvalue weighted by molar-refractivity contribution is 0.620. The van der Waals surface area contributed by atoms with Gasteiger partial charge in [0.15, 0.2) is 5.58 Å². The molecule has 6 heteroatoms. The third kappa shape index (κ3) is 2.49. The van der Waals surface area contributed by atoms with Gasteiger partial charge in [-0.05, 0) is 29.8 Å². The normalized spacial score (nSPS) is 11.2. The molecule has 0 fully saturated rings. The summed E-state index contributed by atoms with van der Waals surface area (Å²) in [4.78, 5) is 4.37. The van der Waals surface area contributed by atoms with Gasteiger partial charge in [0, 0.05) is 21.5 Å². The van der Waals surface area contributed by atoms with Gasteiger partial charge in [0.2, 0.25) is 5.89 Å². The summed E-state index contributed by atoms with van der Waals surface area (Å²) in [6.45, 7) is 0. The molecule has 20 heavy (non-hydrogen) atoms. The minimum Gasteiger partial charge on any atom is -0.435 e. The zero-order valence-electron chi connectivity index (χ0n) is 9.96. The van der Waals surface area contributed by atoms with Gasteiger partial charge in [-0.3, -0.25) is 0 Å². The maximum absolute atomic E-state index is 6.13. The predicted octanol–water partition coefficient (Wildman–Crippen LogP) is 6.19. The second-order valence-electron chi connectivity index (χ2n) is 4.19. The summed E-state index contributed by atoms with van der Waals surface area (Å²) < 4.78 is 5.68. The van der Waals surface area contributed by atoms with E-state index in [-0.39, 0.29) is 0 Å². The Labute approximate surface area is 135 Å². The molecule has 3 rings (SSSR count). The van der Waals surface area contributed by atoms with Gasteiger partial charge in [0.25, 0.3) is 0 Å². The van der Waals surface area contributed by atoms with E-state index in [1.54, 1.807) is 18.2 Å². The number of alkyl halides is 1.